The molecule has 0 rings (SSSR count). The summed E-state index contributed by atoms with van der Waals surface area (Å²) in [6, 6.07) is 0. The maximum Gasteiger partial charge on any atom is 0.221 e. The van der Waals surface area contributed by atoms with Crippen LogP contribution in [-0.2, 0) is 4.79 Å². The fraction of sp³-hybridized carbons (Fsp3) is 0.722. The number of carbonyl (C=O) groups excluding carboxylic acids is 1. The van der Waals surface area contributed by atoms with Gasteiger partial charge in [0.05, 0.1) is 0 Å². The Kier molecular flexibility index (Phi) is 16.0. The van der Waals surface area contributed by atoms with Crippen molar-refractivity contribution < 1.29 is 4.79 Å². The largest absolute Gasteiger partial charge is 0.281 e. The van der Waals surface area contributed by atoms with E-state index in [9.17, 15) is 4.79 Å². The van der Waals surface area contributed by atoms with Crippen molar-refractivity contribution in [1.82, 2.24) is 0 Å². The van der Waals surface area contributed by atoms with Crippen LogP contribution in [0.2, 0.25) is 0 Å². The lowest BCUT2D eigenvalue weighted by atomic mass is 10.1. The molecule has 0 aliphatic heterocycles. The number of hydrogen-bond donors (Lipinski definition) is 0. The molecular weight excluding hydrogens is 268 g/mol. The monoisotopic (exact) mass is 298 g/mol. The lowest BCUT2D eigenvalue weighted by Crippen LogP contribution is -1.86. The standard InChI is InChI=1S/C18H31ClO/c1-2-3-4-5-6-7-8-9-10-11-12-13-14-15-16-17-18(19)20/h6-7,9-10H,2-5,8,11-17H2,1H3/b7-6-,10-9?. The minimum atomic E-state index is -0.198. The highest BCUT2D eigenvalue weighted by Crippen LogP contribution is 2.08. The summed E-state index contributed by atoms with van der Waals surface area (Å²) in [5.41, 5.74) is 0. The van der Waals surface area contributed by atoms with E-state index in [1.807, 2.05) is 0 Å². The van der Waals surface area contributed by atoms with E-state index in [0.29, 0.717) is 6.42 Å². The van der Waals surface area contributed by atoms with Crippen molar-refractivity contribution in [2.75, 3.05) is 0 Å². The van der Waals surface area contributed by atoms with Crippen LogP contribution in [0.25, 0.3) is 0 Å². The highest BCUT2D eigenvalue weighted by molar-refractivity contribution is 6.63. The molecule has 0 aromatic rings. The fourth-order valence-electron chi connectivity index (χ4n) is 2.08. The highest BCUT2D eigenvalue weighted by atomic mass is 35.5. The van der Waals surface area contributed by atoms with Gasteiger partial charge in [0.1, 0.15) is 0 Å². The van der Waals surface area contributed by atoms with Crippen LogP contribution in [0.4, 0.5) is 0 Å². The summed E-state index contributed by atoms with van der Waals surface area (Å²) in [7, 11) is 0. The Balaban J connectivity index is 3.17. The molecule has 0 heterocycles. The van der Waals surface area contributed by atoms with Crippen molar-refractivity contribution >= 4 is 16.8 Å². The fourth-order valence-corrected chi connectivity index (χ4v) is 2.21. The highest BCUT2D eigenvalue weighted by Gasteiger charge is 1.95. The first-order valence-corrected chi connectivity index (χ1v) is 8.63. The van der Waals surface area contributed by atoms with Crippen LogP contribution in [0.15, 0.2) is 24.3 Å². The van der Waals surface area contributed by atoms with Gasteiger partial charge in [0, 0.05) is 6.42 Å². The van der Waals surface area contributed by atoms with Crippen LogP contribution in [0.5, 0.6) is 0 Å². The second kappa shape index (κ2) is 16.5. The van der Waals surface area contributed by atoms with Crippen molar-refractivity contribution in [2.24, 2.45) is 0 Å². The minimum absolute atomic E-state index is 0.198. The Bertz CT molecular complexity index is 269. The molecule has 0 aliphatic carbocycles. The first-order chi connectivity index (χ1) is 9.77. The zero-order chi connectivity index (χ0) is 14.9. The molecule has 0 unspecified atom stereocenters. The summed E-state index contributed by atoms with van der Waals surface area (Å²) in [6.45, 7) is 2.24. The maximum absolute atomic E-state index is 10.5. The van der Waals surface area contributed by atoms with Crippen LogP contribution in [-0.4, -0.2) is 5.24 Å². The van der Waals surface area contributed by atoms with E-state index >= 15 is 0 Å². The Labute approximate surface area is 130 Å². The van der Waals surface area contributed by atoms with Crippen LogP contribution in [0.1, 0.15) is 84.0 Å². The molecule has 0 fully saturated rings. The van der Waals surface area contributed by atoms with Gasteiger partial charge in [-0.15, -0.1) is 0 Å². The van der Waals surface area contributed by atoms with E-state index in [1.165, 1.54) is 51.4 Å². The number of carbonyl (C=O) groups is 1. The van der Waals surface area contributed by atoms with Crippen LogP contribution < -0.4 is 0 Å². The zero-order valence-electron chi connectivity index (χ0n) is 13.1. The molecule has 0 aliphatic rings. The SMILES string of the molecule is CCCCC/C=C\CC=CCCCCCCCC(=O)Cl. The summed E-state index contributed by atoms with van der Waals surface area (Å²) in [4.78, 5) is 10.5. The molecule has 0 amide bonds. The molecule has 0 spiro atoms. The number of halogens is 1. The first-order valence-electron chi connectivity index (χ1n) is 8.25. The molecule has 116 valence electrons. The predicted molar refractivity (Wildman–Crippen MR) is 90.2 cm³/mol. The summed E-state index contributed by atoms with van der Waals surface area (Å²) >= 11 is 5.28. The molecule has 20 heavy (non-hydrogen) atoms. The van der Waals surface area contributed by atoms with Gasteiger partial charge in [-0.25, -0.2) is 0 Å². The lowest BCUT2D eigenvalue weighted by Gasteiger charge is -1.98. The summed E-state index contributed by atoms with van der Waals surface area (Å²) in [5.74, 6) is 0. The lowest BCUT2D eigenvalue weighted by molar-refractivity contribution is -0.111. The molecule has 0 radical (unpaired) electrons. The Morgan fingerprint density at radius 1 is 0.800 bits per heavy atom. The molecule has 0 bridgehead atoms. The molecule has 1 nitrogen and oxygen atoms in total. The molecule has 0 aromatic carbocycles. The Hall–Kier alpha value is -0.560. The van der Waals surface area contributed by atoms with Crippen molar-refractivity contribution in [1.29, 1.82) is 0 Å². The van der Waals surface area contributed by atoms with E-state index in [4.69, 9.17) is 11.6 Å². The third-order valence-corrected chi connectivity index (χ3v) is 3.51. The van der Waals surface area contributed by atoms with E-state index < -0.39 is 0 Å². The van der Waals surface area contributed by atoms with Gasteiger partial charge in [0.25, 0.3) is 0 Å². The van der Waals surface area contributed by atoms with Gasteiger partial charge < -0.3 is 0 Å². The van der Waals surface area contributed by atoms with E-state index in [0.717, 1.165) is 19.3 Å². The average molecular weight is 299 g/mol. The number of allylic oxidation sites excluding steroid dienone is 4. The van der Waals surface area contributed by atoms with Gasteiger partial charge in [-0.1, -0.05) is 63.3 Å². The topological polar surface area (TPSA) is 17.1 Å². The second-order valence-electron chi connectivity index (χ2n) is 5.34. The third kappa shape index (κ3) is 17.4. The summed E-state index contributed by atoms with van der Waals surface area (Å²) in [6.07, 6.45) is 22.9. The first kappa shape index (κ1) is 19.4. The van der Waals surface area contributed by atoms with E-state index in [2.05, 4.69) is 31.2 Å². The third-order valence-electron chi connectivity index (χ3n) is 3.32. The molecule has 0 saturated heterocycles. The maximum atomic E-state index is 10.5. The smallest absolute Gasteiger partial charge is 0.221 e. The summed E-state index contributed by atoms with van der Waals surface area (Å²) < 4.78 is 0. The minimum Gasteiger partial charge on any atom is -0.281 e. The predicted octanol–water partition coefficient (Wildman–Crippen LogP) is 6.57. The number of rotatable bonds is 14. The van der Waals surface area contributed by atoms with Crippen molar-refractivity contribution in [3.63, 3.8) is 0 Å². The zero-order valence-corrected chi connectivity index (χ0v) is 13.8. The molecule has 0 aromatic heterocycles. The quantitative estimate of drug-likeness (QED) is 0.201. The van der Waals surface area contributed by atoms with Gasteiger partial charge in [-0.3, -0.25) is 4.79 Å². The average Bonchev–Trinajstić information content (AvgIpc) is 2.43. The van der Waals surface area contributed by atoms with Crippen LogP contribution >= 0.6 is 11.6 Å². The van der Waals surface area contributed by atoms with Crippen LogP contribution in [0.3, 0.4) is 0 Å². The van der Waals surface area contributed by atoms with Gasteiger partial charge in [-0.2, -0.15) is 0 Å². The molecule has 0 atom stereocenters. The van der Waals surface area contributed by atoms with Crippen molar-refractivity contribution in [2.45, 2.75) is 84.0 Å². The summed E-state index contributed by atoms with van der Waals surface area (Å²) in [5, 5.41) is -0.198. The van der Waals surface area contributed by atoms with Gasteiger partial charge in [0.2, 0.25) is 5.24 Å². The second-order valence-corrected chi connectivity index (χ2v) is 5.76. The van der Waals surface area contributed by atoms with E-state index in [1.54, 1.807) is 0 Å². The Morgan fingerprint density at radius 2 is 1.35 bits per heavy atom. The van der Waals surface area contributed by atoms with Gasteiger partial charge in [0.15, 0.2) is 0 Å². The normalized spacial score (nSPS) is 11.7. The number of hydrogen-bond acceptors (Lipinski definition) is 1. The molecule has 0 N–H and O–H groups in total. The van der Waals surface area contributed by atoms with Gasteiger partial charge in [-0.05, 0) is 50.1 Å². The van der Waals surface area contributed by atoms with Gasteiger partial charge >= 0.3 is 0 Å². The van der Waals surface area contributed by atoms with Crippen molar-refractivity contribution in [3.8, 4) is 0 Å². The molecule has 0 saturated carbocycles. The Morgan fingerprint density at radius 3 is 1.95 bits per heavy atom. The molecular formula is C18H31ClO. The van der Waals surface area contributed by atoms with Crippen LogP contribution in [0, 0.1) is 0 Å². The molecule has 2 heteroatoms. The van der Waals surface area contributed by atoms with E-state index in [-0.39, 0.29) is 5.24 Å². The number of unbranched alkanes of at least 4 members (excludes halogenated alkanes) is 8. The van der Waals surface area contributed by atoms with Crippen molar-refractivity contribution in [3.05, 3.63) is 24.3 Å².